The van der Waals surface area contributed by atoms with E-state index in [-0.39, 0.29) is 11.8 Å². The van der Waals surface area contributed by atoms with Crippen LogP contribution < -0.4 is 4.74 Å². The van der Waals surface area contributed by atoms with Gasteiger partial charge in [0.1, 0.15) is 11.5 Å². The largest absolute Gasteiger partial charge is 0.457 e. The Bertz CT molecular complexity index is 1010. The Morgan fingerprint density at radius 2 is 1.79 bits per heavy atom. The van der Waals surface area contributed by atoms with Gasteiger partial charge in [-0.25, -0.2) is 4.98 Å². The summed E-state index contributed by atoms with van der Waals surface area (Å²) >= 11 is 0. The summed E-state index contributed by atoms with van der Waals surface area (Å²) in [5.41, 5.74) is 3.36. The molecule has 3 heterocycles. The summed E-state index contributed by atoms with van der Waals surface area (Å²) < 4.78 is 8.24. The van der Waals surface area contributed by atoms with Gasteiger partial charge in [0, 0.05) is 25.2 Å². The number of amides is 1. The average Bonchev–Trinajstić information content (AvgIpc) is 3.12. The van der Waals surface area contributed by atoms with Crippen LogP contribution in [0.4, 0.5) is 0 Å². The van der Waals surface area contributed by atoms with E-state index >= 15 is 0 Å². The van der Waals surface area contributed by atoms with Gasteiger partial charge in [0.2, 0.25) is 5.91 Å². The normalized spacial score (nSPS) is 19.2. The van der Waals surface area contributed by atoms with Gasteiger partial charge < -0.3 is 14.2 Å². The highest BCUT2D eigenvalue weighted by atomic mass is 16.5. The number of fused-ring (bicyclic) bond motifs is 7. The molecular weight excluding hydrogens is 350 g/mol. The molecule has 0 radical (unpaired) electrons. The van der Waals surface area contributed by atoms with Gasteiger partial charge >= 0.3 is 0 Å². The third kappa shape index (κ3) is 3.40. The number of imidazole rings is 1. The fraction of sp³-hybridized carbons (Fsp3) is 0.304. The summed E-state index contributed by atoms with van der Waals surface area (Å²) in [4.78, 5) is 19.4. The van der Waals surface area contributed by atoms with Crippen molar-refractivity contribution in [2.75, 3.05) is 6.54 Å². The third-order valence-corrected chi connectivity index (χ3v) is 5.66. The molecule has 28 heavy (non-hydrogen) atoms. The van der Waals surface area contributed by atoms with Crippen LogP contribution in [0.2, 0.25) is 0 Å². The summed E-state index contributed by atoms with van der Waals surface area (Å²) in [6.07, 6.45) is 6.46. The molecule has 0 saturated carbocycles. The first-order valence-electron chi connectivity index (χ1n) is 9.88. The highest BCUT2D eigenvalue weighted by Gasteiger charge is 2.29. The molecule has 0 N–H and O–H groups in total. The van der Waals surface area contributed by atoms with E-state index in [1.165, 1.54) is 0 Å². The van der Waals surface area contributed by atoms with E-state index in [1.54, 1.807) is 0 Å². The van der Waals surface area contributed by atoms with Crippen LogP contribution in [0.5, 0.6) is 11.5 Å². The number of nitrogens with zero attached hydrogens (tertiary/aromatic N) is 3. The Morgan fingerprint density at radius 1 is 1.00 bits per heavy atom. The number of carbonyl (C=O) groups excluding carboxylic acids is 1. The smallest absolute Gasteiger partial charge is 0.226 e. The number of aromatic nitrogens is 2. The van der Waals surface area contributed by atoms with E-state index < -0.39 is 0 Å². The van der Waals surface area contributed by atoms with Gasteiger partial charge in [-0.3, -0.25) is 4.79 Å². The summed E-state index contributed by atoms with van der Waals surface area (Å²) in [5, 5.41) is 0. The van der Waals surface area contributed by atoms with Crippen molar-refractivity contribution in [2.45, 2.75) is 32.4 Å². The van der Waals surface area contributed by atoms with E-state index in [2.05, 4.69) is 33.8 Å². The fourth-order valence-corrected chi connectivity index (χ4v) is 4.25. The Morgan fingerprint density at radius 3 is 2.64 bits per heavy atom. The maximum Gasteiger partial charge on any atom is 0.226 e. The van der Waals surface area contributed by atoms with Gasteiger partial charge in [0.25, 0.3) is 0 Å². The van der Waals surface area contributed by atoms with Crippen LogP contribution >= 0.6 is 0 Å². The van der Waals surface area contributed by atoms with Crippen molar-refractivity contribution in [2.24, 2.45) is 5.92 Å². The maximum atomic E-state index is 13.1. The van der Waals surface area contributed by atoms with Crippen molar-refractivity contribution >= 4 is 5.91 Å². The van der Waals surface area contributed by atoms with Crippen LogP contribution in [0.3, 0.4) is 0 Å². The molecular formula is C23H23N3O2. The first kappa shape index (κ1) is 17.0. The number of hydrogen-bond donors (Lipinski definition) is 0. The summed E-state index contributed by atoms with van der Waals surface area (Å²) in [6, 6.07) is 16.3. The number of hydrogen-bond acceptors (Lipinski definition) is 3. The fourth-order valence-electron chi connectivity index (χ4n) is 4.25. The van der Waals surface area contributed by atoms with Crippen molar-refractivity contribution in [3.05, 3.63) is 77.9 Å². The maximum absolute atomic E-state index is 13.1. The number of carbonyl (C=O) groups is 1. The van der Waals surface area contributed by atoms with Gasteiger partial charge in [-0.1, -0.05) is 24.3 Å². The van der Waals surface area contributed by atoms with E-state index in [0.717, 1.165) is 54.1 Å². The molecule has 5 nitrogen and oxygen atoms in total. The zero-order valence-electron chi connectivity index (χ0n) is 15.8. The number of ether oxygens (including phenoxy) is 1. The van der Waals surface area contributed by atoms with Gasteiger partial charge in [0.05, 0.1) is 18.6 Å². The van der Waals surface area contributed by atoms with Crippen LogP contribution in [0.15, 0.2) is 61.1 Å². The zero-order valence-corrected chi connectivity index (χ0v) is 15.8. The van der Waals surface area contributed by atoms with Gasteiger partial charge in [0.15, 0.2) is 0 Å². The first-order chi connectivity index (χ1) is 13.7. The topological polar surface area (TPSA) is 47.4 Å². The van der Waals surface area contributed by atoms with Crippen LogP contribution in [0, 0.1) is 5.92 Å². The third-order valence-electron chi connectivity index (χ3n) is 5.66. The molecule has 1 amide bonds. The lowest BCUT2D eigenvalue weighted by atomic mass is 9.90. The van der Waals surface area contributed by atoms with E-state index in [0.29, 0.717) is 13.1 Å². The zero-order chi connectivity index (χ0) is 18.9. The van der Waals surface area contributed by atoms with Crippen LogP contribution in [-0.4, -0.2) is 26.9 Å². The van der Waals surface area contributed by atoms with Crippen molar-refractivity contribution in [1.29, 1.82) is 0 Å². The molecule has 1 unspecified atom stereocenters. The molecule has 5 rings (SSSR count). The van der Waals surface area contributed by atoms with Gasteiger partial charge in [-0.15, -0.1) is 0 Å². The Hall–Kier alpha value is -3.08. The van der Waals surface area contributed by atoms with E-state index in [1.807, 2.05) is 41.7 Å². The van der Waals surface area contributed by atoms with Crippen molar-refractivity contribution in [1.82, 2.24) is 14.5 Å². The Labute approximate surface area is 164 Å². The van der Waals surface area contributed by atoms with Crippen molar-refractivity contribution in [3.63, 3.8) is 0 Å². The molecule has 0 aliphatic carbocycles. The monoisotopic (exact) mass is 373 g/mol. The number of piperidine rings is 1. The molecule has 1 atom stereocenters. The summed E-state index contributed by atoms with van der Waals surface area (Å²) in [6.45, 7) is 2.14. The molecule has 5 heteroatoms. The first-order valence-corrected chi connectivity index (χ1v) is 9.88. The molecule has 2 aromatic carbocycles. The van der Waals surface area contributed by atoms with Crippen LogP contribution in [0.25, 0.3) is 0 Å². The Balaban J connectivity index is 1.56. The highest BCUT2D eigenvalue weighted by Crippen LogP contribution is 2.28. The highest BCUT2D eigenvalue weighted by molar-refractivity contribution is 5.79. The molecule has 1 fully saturated rings. The number of benzene rings is 2. The second-order valence-electron chi connectivity index (χ2n) is 7.71. The summed E-state index contributed by atoms with van der Waals surface area (Å²) in [7, 11) is 0. The number of rotatable bonds is 0. The second-order valence-corrected chi connectivity index (χ2v) is 7.71. The minimum atomic E-state index is 0.0338. The quantitative estimate of drug-likeness (QED) is 0.598. The van der Waals surface area contributed by atoms with E-state index in [9.17, 15) is 4.79 Å². The van der Waals surface area contributed by atoms with Crippen LogP contribution in [-0.2, 0) is 24.3 Å². The molecule has 6 bridgehead atoms. The molecule has 142 valence electrons. The lowest BCUT2D eigenvalue weighted by Gasteiger charge is -2.32. The van der Waals surface area contributed by atoms with E-state index in [4.69, 9.17) is 4.74 Å². The summed E-state index contributed by atoms with van der Waals surface area (Å²) in [5.74, 6) is 1.92. The predicted octanol–water partition coefficient (Wildman–Crippen LogP) is 4.02. The molecule has 3 aromatic rings. The SMILES string of the molecule is O=C1C2CCCN1Cc1cncn1Cc1cccc(c1)Oc1cccc(c1)C2. The molecule has 2 aliphatic rings. The van der Waals surface area contributed by atoms with Crippen molar-refractivity contribution < 1.29 is 9.53 Å². The lowest BCUT2D eigenvalue weighted by Crippen LogP contribution is -2.41. The van der Waals surface area contributed by atoms with Crippen LogP contribution in [0.1, 0.15) is 29.7 Å². The standard InChI is InChI=1S/C23H23N3O2/c27-23-19-6-3-9-25(23)15-20-13-24-16-26(20)14-18-5-2-8-22(12-18)28-21-7-1-4-17(10-19)11-21/h1-2,4-5,7-8,11-13,16,19H,3,6,9-10,14-15H2. The molecule has 2 aliphatic heterocycles. The molecule has 0 spiro atoms. The molecule has 1 aromatic heterocycles. The lowest BCUT2D eigenvalue weighted by molar-refractivity contribution is -0.139. The Kier molecular flexibility index (Phi) is 4.35. The van der Waals surface area contributed by atoms with Gasteiger partial charge in [-0.05, 0) is 54.7 Å². The minimum absolute atomic E-state index is 0.0338. The minimum Gasteiger partial charge on any atom is -0.457 e. The van der Waals surface area contributed by atoms with Gasteiger partial charge in [-0.2, -0.15) is 0 Å². The predicted molar refractivity (Wildman–Crippen MR) is 106 cm³/mol. The average molecular weight is 373 g/mol. The van der Waals surface area contributed by atoms with Crippen molar-refractivity contribution in [3.8, 4) is 11.5 Å². The molecule has 1 saturated heterocycles. The second kappa shape index (κ2) is 7.15.